The van der Waals surface area contributed by atoms with Crippen molar-refractivity contribution >= 4 is 40.7 Å². The average molecular weight is 416 g/mol. The second-order valence-electron chi connectivity index (χ2n) is 6.41. The quantitative estimate of drug-likeness (QED) is 0.512. The third-order valence-corrected chi connectivity index (χ3v) is 6.43. The number of thiazole rings is 1. The van der Waals surface area contributed by atoms with Crippen LogP contribution < -0.4 is 11.1 Å². The Morgan fingerprint density at radius 3 is 2.89 bits per heavy atom. The number of anilines is 1. The molecule has 0 spiro atoms. The van der Waals surface area contributed by atoms with E-state index in [4.69, 9.17) is 5.73 Å². The van der Waals surface area contributed by atoms with Crippen molar-refractivity contribution in [2.45, 2.75) is 36.8 Å². The lowest BCUT2D eigenvalue weighted by molar-refractivity contribution is -0.117. The number of nitrogens with two attached hydrogens (primary N) is 1. The molecule has 1 aromatic carbocycles. The van der Waals surface area contributed by atoms with Crippen molar-refractivity contribution in [3.8, 4) is 11.3 Å². The van der Waals surface area contributed by atoms with Crippen LogP contribution in [0, 0.1) is 13.8 Å². The summed E-state index contributed by atoms with van der Waals surface area (Å²) in [6.45, 7) is 5.84. The van der Waals surface area contributed by atoms with E-state index in [1.165, 1.54) is 34.2 Å². The minimum atomic E-state index is -0.391. The number of rotatable bonds is 7. The molecule has 0 fully saturated rings. The number of aromatic nitrogens is 3. The molecule has 2 amide bonds. The highest BCUT2D eigenvalue weighted by Crippen LogP contribution is 2.27. The van der Waals surface area contributed by atoms with E-state index in [0.717, 1.165) is 11.3 Å². The van der Waals surface area contributed by atoms with E-state index < -0.39 is 5.91 Å². The number of primary amides is 1. The zero-order valence-corrected chi connectivity index (χ0v) is 17.4. The number of thioether (sulfide) groups is 1. The summed E-state index contributed by atoms with van der Waals surface area (Å²) < 4.78 is 0.714. The van der Waals surface area contributed by atoms with E-state index in [1.807, 2.05) is 23.6 Å². The van der Waals surface area contributed by atoms with Gasteiger partial charge in [-0.3, -0.25) is 14.7 Å². The van der Waals surface area contributed by atoms with Crippen molar-refractivity contribution in [3.63, 3.8) is 0 Å². The van der Waals surface area contributed by atoms with Crippen LogP contribution in [0.15, 0.2) is 34.0 Å². The lowest BCUT2D eigenvalue weighted by Crippen LogP contribution is -2.22. The lowest BCUT2D eigenvalue weighted by Gasteiger charge is -2.05. The van der Waals surface area contributed by atoms with Crippen LogP contribution in [0.5, 0.6) is 0 Å². The fourth-order valence-corrected chi connectivity index (χ4v) is 4.48. The van der Waals surface area contributed by atoms with Gasteiger partial charge in [-0.15, -0.1) is 11.3 Å². The maximum absolute atomic E-state index is 12.3. The van der Waals surface area contributed by atoms with Gasteiger partial charge in [-0.05, 0) is 31.9 Å². The molecule has 0 saturated carbocycles. The van der Waals surface area contributed by atoms with Gasteiger partial charge in [0.25, 0.3) is 0 Å². The summed E-state index contributed by atoms with van der Waals surface area (Å²) in [5.41, 5.74) is 10.2. The van der Waals surface area contributed by atoms with Crippen LogP contribution in [0.3, 0.4) is 0 Å². The molecule has 2 heterocycles. The van der Waals surface area contributed by atoms with Crippen molar-refractivity contribution in [2.75, 3.05) is 5.32 Å². The predicted molar refractivity (Wildman–Crippen MR) is 112 cm³/mol. The van der Waals surface area contributed by atoms with Crippen LogP contribution >= 0.6 is 23.1 Å². The molecule has 0 aliphatic carbocycles. The van der Waals surface area contributed by atoms with Crippen LogP contribution in [0.4, 0.5) is 5.82 Å². The zero-order valence-electron chi connectivity index (χ0n) is 15.8. The van der Waals surface area contributed by atoms with E-state index in [0.29, 0.717) is 15.9 Å². The Hall–Kier alpha value is -2.65. The molecule has 0 saturated heterocycles. The molecule has 2 aromatic heterocycles. The van der Waals surface area contributed by atoms with E-state index in [2.05, 4.69) is 40.4 Å². The van der Waals surface area contributed by atoms with Crippen LogP contribution in [0.1, 0.15) is 23.7 Å². The fraction of sp³-hybridized carbons (Fsp3) is 0.263. The summed E-state index contributed by atoms with van der Waals surface area (Å²) in [6, 6.07) is 7.88. The molecule has 3 aromatic rings. The number of hydrogen-bond donors (Lipinski definition) is 3. The Kier molecular flexibility index (Phi) is 6.15. The van der Waals surface area contributed by atoms with E-state index >= 15 is 0 Å². The first kappa shape index (κ1) is 20.1. The van der Waals surface area contributed by atoms with Crippen LogP contribution in [-0.4, -0.2) is 32.2 Å². The first-order chi connectivity index (χ1) is 13.3. The topological polar surface area (TPSA) is 114 Å². The first-order valence-electron chi connectivity index (χ1n) is 8.65. The van der Waals surface area contributed by atoms with Crippen molar-refractivity contribution in [3.05, 3.63) is 46.5 Å². The van der Waals surface area contributed by atoms with E-state index in [1.54, 1.807) is 6.92 Å². The molecular formula is C19H21N5O2S2. The van der Waals surface area contributed by atoms with Crippen molar-refractivity contribution < 1.29 is 9.59 Å². The van der Waals surface area contributed by atoms with Crippen LogP contribution in [0.25, 0.3) is 11.3 Å². The van der Waals surface area contributed by atoms with Crippen LogP contribution in [-0.2, 0) is 16.0 Å². The number of nitrogens with one attached hydrogen (secondary N) is 2. The highest BCUT2D eigenvalue weighted by atomic mass is 32.2. The minimum Gasteiger partial charge on any atom is -0.369 e. The number of hydrogen-bond acceptors (Lipinski definition) is 6. The number of amides is 2. The normalized spacial score (nSPS) is 12.0. The molecule has 0 radical (unpaired) electrons. The third kappa shape index (κ3) is 4.79. The van der Waals surface area contributed by atoms with Gasteiger partial charge in [-0.25, -0.2) is 4.98 Å². The summed E-state index contributed by atoms with van der Waals surface area (Å²) in [5.74, 6) is -0.130. The number of nitrogens with zero attached hydrogens (tertiary/aromatic N) is 2. The van der Waals surface area contributed by atoms with E-state index in [-0.39, 0.29) is 17.6 Å². The molecule has 0 aliphatic rings. The molecule has 0 aliphatic heterocycles. The highest BCUT2D eigenvalue weighted by Gasteiger charge is 2.15. The van der Waals surface area contributed by atoms with Crippen LogP contribution in [0.2, 0.25) is 0 Å². The molecule has 28 heavy (non-hydrogen) atoms. The number of aryl methyl sites for hydroxylation is 1. The number of carbonyl (C=O) groups excluding carboxylic acids is 2. The number of carbonyl (C=O) groups is 2. The Labute approximate surface area is 171 Å². The second-order valence-corrected chi connectivity index (χ2v) is 8.85. The lowest BCUT2D eigenvalue weighted by atomic mass is 10.0. The standard InChI is InChI=1S/C19H21N5O2S2/c1-10-5-4-6-14(11(10)2)15-8-16(24-23-15)22-17(25)7-13-9-27-19(21-13)28-12(3)18(20)26/h4-6,8-9,12H,7H2,1-3H3,(H2,20,26)(H2,22,23,24,25). The van der Waals surface area contributed by atoms with Gasteiger partial charge < -0.3 is 11.1 Å². The van der Waals surface area contributed by atoms with Gasteiger partial charge in [-0.2, -0.15) is 5.10 Å². The molecule has 1 atom stereocenters. The largest absolute Gasteiger partial charge is 0.369 e. The maximum Gasteiger partial charge on any atom is 0.231 e. The Morgan fingerprint density at radius 1 is 1.36 bits per heavy atom. The summed E-state index contributed by atoms with van der Waals surface area (Å²) >= 11 is 2.68. The molecule has 146 valence electrons. The Bertz CT molecular complexity index is 1010. The number of aromatic amines is 1. The molecule has 1 unspecified atom stereocenters. The molecule has 7 nitrogen and oxygen atoms in total. The summed E-state index contributed by atoms with van der Waals surface area (Å²) in [4.78, 5) is 27.8. The molecule has 4 N–H and O–H groups in total. The summed E-state index contributed by atoms with van der Waals surface area (Å²) in [7, 11) is 0. The first-order valence-corrected chi connectivity index (χ1v) is 10.4. The van der Waals surface area contributed by atoms with Gasteiger partial charge in [0.05, 0.1) is 23.1 Å². The fourth-order valence-electron chi connectivity index (χ4n) is 2.55. The van der Waals surface area contributed by atoms with Gasteiger partial charge >= 0.3 is 0 Å². The Balaban J connectivity index is 1.62. The van der Waals surface area contributed by atoms with Crippen molar-refractivity contribution in [1.29, 1.82) is 0 Å². The molecule has 3 rings (SSSR count). The van der Waals surface area contributed by atoms with Crippen molar-refractivity contribution in [1.82, 2.24) is 15.2 Å². The van der Waals surface area contributed by atoms with Gasteiger partial charge in [0.15, 0.2) is 10.2 Å². The van der Waals surface area contributed by atoms with Gasteiger partial charge in [-0.1, -0.05) is 30.0 Å². The van der Waals surface area contributed by atoms with Gasteiger partial charge in [0, 0.05) is 17.0 Å². The smallest absolute Gasteiger partial charge is 0.231 e. The monoisotopic (exact) mass is 415 g/mol. The number of benzene rings is 1. The SMILES string of the molecule is Cc1cccc(-c2cc(NC(=O)Cc3csc(SC(C)C(N)=O)n3)n[nH]2)c1C. The van der Waals surface area contributed by atoms with E-state index in [9.17, 15) is 9.59 Å². The predicted octanol–water partition coefficient (Wildman–Crippen LogP) is 3.30. The minimum absolute atomic E-state index is 0.133. The molecule has 0 bridgehead atoms. The second kappa shape index (κ2) is 8.57. The number of H-pyrrole nitrogens is 1. The average Bonchev–Trinajstić information content (AvgIpc) is 3.27. The molecule has 9 heteroatoms. The summed E-state index contributed by atoms with van der Waals surface area (Å²) in [6.07, 6.45) is 0.133. The Morgan fingerprint density at radius 2 is 2.14 bits per heavy atom. The maximum atomic E-state index is 12.3. The zero-order chi connectivity index (χ0) is 20.3. The van der Waals surface area contributed by atoms with Gasteiger partial charge in [0.1, 0.15) is 0 Å². The van der Waals surface area contributed by atoms with Gasteiger partial charge in [0.2, 0.25) is 11.8 Å². The van der Waals surface area contributed by atoms with Crippen molar-refractivity contribution in [2.24, 2.45) is 5.73 Å². The summed E-state index contributed by atoms with van der Waals surface area (Å²) in [5, 5.41) is 11.4. The third-order valence-electron chi connectivity index (χ3n) is 4.29. The highest BCUT2D eigenvalue weighted by molar-refractivity contribution is 8.02. The molecular weight excluding hydrogens is 394 g/mol.